The summed E-state index contributed by atoms with van der Waals surface area (Å²) < 4.78 is 54.0. The highest BCUT2D eigenvalue weighted by Gasteiger charge is 2.23. The molecule has 2 aromatic carbocycles. The largest absolute Gasteiger partial charge is 0.493 e. The molecular weight excluding hydrogens is 419 g/mol. The zero-order chi connectivity index (χ0) is 22.5. The van der Waals surface area contributed by atoms with Crippen LogP contribution in [0.1, 0.15) is 34.6 Å². The Hall–Kier alpha value is -3.18. The Balaban J connectivity index is 2.20. The minimum absolute atomic E-state index is 0.0643. The van der Waals surface area contributed by atoms with Gasteiger partial charge >= 0.3 is 5.97 Å². The maximum Gasteiger partial charge on any atom is 0.337 e. The van der Waals surface area contributed by atoms with Gasteiger partial charge in [0.2, 0.25) is 0 Å². The summed E-state index contributed by atoms with van der Waals surface area (Å²) in [6, 6.07) is 6.95. The minimum Gasteiger partial charge on any atom is -0.493 e. The molecule has 0 radical (unpaired) electrons. The number of hydrogen-bond donors (Lipinski definition) is 2. The van der Waals surface area contributed by atoms with Gasteiger partial charge in [-0.1, -0.05) is 0 Å². The number of sulfonamides is 1. The molecule has 0 aliphatic rings. The zero-order valence-electron chi connectivity index (χ0n) is 16.7. The highest BCUT2D eigenvalue weighted by Crippen LogP contribution is 2.29. The number of nitrogens with one attached hydrogen (secondary N) is 2. The Labute approximate surface area is 173 Å². The van der Waals surface area contributed by atoms with Crippen LogP contribution >= 0.6 is 0 Å². The topological polar surface area (TPSA) is 120 Å². The number of methoxy groups -OCH3 is 2. The molecule has 0 saturated carbocycles. The monoisotopic (exact) mass is 440 g/mol. The molecule has 0 spiro atoms. The molecule has 11 heteroatoms. The number of halogens is 1. The van der Waals surface area contributed by atoms with Gasteiger partial charge in [-0.05, 0) is 50.2 Å². The molecule has 2 rings (SSSR count). The van der Waals surface area contributed by atoms with Crippen LogP contribution in [0.2, 0.25) is 0 Å². The number of rotatable bonds is 8. The first-order valence-electron chi connectivity index (χ1n) is 8.63. The van der Waals surface area contributed by atoms with Gasteiger partial charge in [0.1, 0.15) is 10.7 Å². The van der Waals surface area contributed by atoms with E-state index in [1.165, 1.54) is 25.3 Å². The molecule has 0 saturated heterocycles. The van der Waals surface area contributed by atoms with Crippen molar-refractivity contribution in [2.75, 3.05) is 14.2 Å². The average Bonchev–Trinajstić information content (AvgIpc) is 2.71. The third-order valence-corrected chi connectivity index (χ3v) is 4.99. The summed E-state index contributed by atoms with van der Waals surface area (Å²) in [6.07, 6.45) is -0.124. The van der Waals surface area contributed by atoms with Gasteiger partial charge in [-0.2, -0.15) is 0 Å². The number of esters is 1. The molecule has 0 heterocycles. The SMILES string of the molecule is COC(=O)c1ccc(F)c(S(=O)(=O)NNC(=O)c2ccc(OC(C)C)c(OC)c2)c1. The fourth-order valence-corrected chi connectivity index (χ4v) is 3.30. The van der Waals surface area contributed by atoms with E-state index in [4.69, 9.17) is 9.47 Å². The van der Waals surface area contributed by atoms with E-state index in [9.17, 15) is 22.4 Å². The standard InChI is InChI=1S/C19H21FN2O7S/c1-11(2)29-15-8-6-12(9-16(15)27-3)18(23)21-22-30(25,26)17-10-13(19(24)28-4)5-7-14(17)20/h5-11,22H,1-4H3,(H,21,23). The van der Waals surface area contributed by atoms with Crippen molar-refractivity contribution >= 4 is 21.9 Å². The number of carbonyl (C=O) groups is 2. The van der Waals surface area contributed by atoms with Crippen molar-refractivity contribution in [1.29, 1.82) is 0 Å². The Kier molecular flexibility index (Phi) is 7.35. The van der Waals surface area contributed by atoms with E-state index >= 15 is 0 Å². The van der Waals surface area contributed by atoms with E-state index in [-0.39, 0.29) is 23.0 Å². The Morgan fingerprint density at radius 2 is 1.67 bits per heavy atom. The van der Waals surface area contributed by atoms with Crippen molar-refractivity contribution in [3.05, 3.63) is 53.3 Å². The summed E-state index contributed by atoms with van der Waals surface area (Å²) in [6.45, 7) is 3.65. The van der Waals surface area contributed by atoms with Gasteiger partial charge in [0.25, 0.3) is 15.9 Å². The van der Waals surface area contributed by atoms with E-state index in [1.54, 1.807) is 4.83 Å². The molecule has 0 aliphatic carbocycles. The molecule has 1 amide bonds. The number of ether oxygens (including phenoxy) is 3. The van der Waals surface area contributed by atoms with Crippen LogP contribution in [0.5, 0.6) is 11.5 Å². The lowest BCUT2D eigenvalue weighted by atomic mass is 10.2. The third-order valence-electron chi connectivity index (χ3n) is 3.73. The molecule has 2 aromatic rings. The first-order chi connectivity index (χ1) is 14.1. The summed E-state index contributed by atoms with van der Waals surface area (Å²) in [7, 11) is -2.02. The van der Waals surface area contributed by atoms with Crippen LogP contribution in [0.15, 0.2) is 41.3 Å². The molecule has 162 valence electrons. The lowest BCUT2D eigenvalue weighted by molar-refractivity contribution is 0.0600. The molecule has 0 fully saturated rings. The van der Waals surface area contributed by atoms with Crippen LogP contribution in [-0.2, 0) is 14.8 Å². The van der Waals surface area contributed by atoms with Crippen molar-refractivity contribution in [1.82, 2.24) is 10.3 Å². The summed E-state index contributed by atoms with van der Waals surface area (Å²) in [5.74, 6) is -2.09. The molecule has 9 nitrogen and oxygen atoms in total. The van der Waals surface area contributed by atoms with Gasteiger partial charge in [-0.3, -0.25) is 10.2 Å². The summed E-state index contributed by atoms with van der Waals surface area (Å²) >= 11 is 0. The van der Waals surface area contributed by atoms with Gasteiger partial charge in [0.05, 0.1) is 25.9 Å². The fourth-order valence-electron chi connectivity index (χ4n) is 2.35. The third kappa shape index (κ3) is 5.45. The second-order valence-corrected chi connectivity index (χ2v) is 7.88. The second-order valence-electron chi connectivity index (χ2n) is 6.23. The molecule has 0 aromatic heterocycles. The van der Waals surface area contributed by atoms with Gasteiger partial charge in [0, 0.05) is 5.56 Å². The van der Waals surface area contributed by atoms with Gasteiger partial charge < -0.3 is 14.2 Å². The number of benzene rings is 2. The summed E-state index contributed by atoms with van der Waals surface area (Å²) in [5.41, 5.74) is 1.88. The van der Waals surface area contributed by atoms with Gasteiger partial charge in [-0.25, -0.2) is 17.6 Å². The lowest BCUT2D eigenvalue weighted by Crippen LogP contribution is -2.41. The molecule has 0 aliphatic heterocycles. The molecule has 0 atom stereocenters. The molecular formula is C19H21FN2O7S. The minimum atomic E-state index is -4.52. The highest BCUT2D eigenvalue weighted by atomic mass is 32.2. The number of amides is 1. The van der Waals surface area contributed by atoms with Crippen molar-refractivity contribution in [3.8, 4) is 11.5 Å². The van der Waals surface area contributed by atoms with E-state index < -0.39 is 32.6 Å². The van der Waals surface area contributed by atoms with E-state index in [0.717, 1.165) is 25.3 Å². The Morgan fingerprint density at radius 3 is 2.27 bits per heavy atom. The van der Waals surface area contributed by atoms with Gasteiger partial charge in [0.15, 0.2) is 11.5 Å². The second kappa shape index (κ2) is 9.55. The maximum atomic E-state index is 14.0. The van der Waals surface area contributed by atoms with Crippen molar-refractivity contribution in [2.24, 2.45) is 0 Å². The molecule has 0 unspecified atom stereocenters. The number of carbonyl (C=O) groups excluding carboxylic acids is 2. The normalized spacial score (nSPS) is 11.1. The Bertz CT molecular complexity index is 1050. The van der Waals surface area contributed by atoms with Crippen molar-refractivity contribution in [2.45, 2.75) is 24.8 Å². The fraction of sp³-hybridized carbons (Fsp3) is 0.263. The Morgan fingerprint density at radius 1 is 1.00 bits per heavy atom. The molecule has 30 heavy (non-hydrogen) atoms. The summed E-state index contributed by atoms with van der Waals surface area (Å²) in [4.78, 5) is 24.8. The predicted molar refractivity (Wildman–Crippen MR) is 104 cm³/mol. The van der Waals surface area contributed by atoms with Crippen LogP contribution in [0.25, 0.3) is 0 Å². The van der Waals surface area contributed by atoms with E-state index in [0.29, 0.717) is 5.75 Å². The molecule has 0 bridgehead atoms. The lowest BCUT2D eigenvalue weighted by Gasteiger charge is -2.15. The average molecular weight is 440 g/mol. The number of hydrogen-bond acceptors (Lipinski definition) is 7. The quantitative estimate of drug-likeness (QED) is 0.476. The van der Waals surface area contributed by atoms with Crippen LogP contribution in [0, 0.1) is 5.82 Å². The van der Waals surface area contributed by atoms with Crippen LogP contribution in [0.3, 0.4) is 0 Å². The smallest absolute Gasteiger partial charge is 0.337 e. The number of hydrazine groups is 1. The first kappa shape index (κ1) is 23.1. The first-order valence-corrected chi connectivity index (χ1v) is 10.1. The maximum absolute atomic E-state index is 14.0. The van der Waals surface area contributed by atoms with E-state index in [1.807, 2.05) is 19.3 Å². The summed E-state index contributed by atoms with van der Waals surface area (Å²) in [5, 5.41) is 0. The van der Waals surface area contributed by atoms with E-state index in [2.05, 4.69) is 4.74 Å². The molecule has 2 N–H and O–H groups in total. The highest BCUT2D eigenvalue weighted by molar-refractivity contribution is 7.89. The van der Waals surface area contributed by atoms with Crippen molar-refractivity contribution in [3.63, 3.8) is 0 Å². The van der Waals surface area contributed by atoms with Gasteiger partial charge in [-0.15, -0.1) is 4.83 Å². The predicted octanol–water partition coefficient (Wildman–Crippen LogP) is 2.03. The van der Waals surface area contributed by atoms with Crippen LogP contribution < -0.4 is 19.7 Å². The van der Waals surface area contributed by atoms with Crippen molar-refractivity contribution < 1.29 is 36.6 Å². The van der Waals surface area contributed by atoms with Crippen LogP contribution in [-0.4, -0.2) is 40.6 Å². The van der Waals surface area contributed by atoms with Crippen LogP contribution in [0.4, 0.5) is 4.39 Å². The zero-order valence-corrected chi connectivity index (χ0v) is 17.5.